The number of halogens is 2. The molecule has 2 aliphatic carbocycles. The van der Waals surface area contributed by atoms with E-state index >= 15 is 4.39 Å². The molecule has 2 heterocycles. The Morgan fingerprint density at radius 1 is 1.32 bits per heavy atom. The highest BCUT2D eigenvalue weighted by atomic mass is 19.1. The first-order chi connectivity index (χ1) is 14.8. The summed E-state index contributed by atoms with van der Waals surface area (Å²) in [6, 6.07) is 0.678. The summed E-state index contributed by atoms with van der Waals surface area (Å²) in [4.78, 5) is 28.8. The third kappa shape index (κ3) is 3.38. The van der Waals surface area contributed by atoms with Gasteiger partial charge in [0.15, 0.2) is 0 Å². The largest absolute Gasteiger partial charge is 0.366 e. The molecule has 1 aromatic carbocycles. The second kappa shape index (κ2) is 7.07. The lowest BCUT2D eigenvalue weighted by molar-refractivity contribution is -0.117. The summed E-state index contributed by atoms with van der Waals surface area (Å²) in [6.07, 6.45) is 5.12. The number of amides is 2. The molecule has 31 heavy (non-hydrogen) atoms. The molecule has 5 rings (SSSR count). The van der Waals surface area contributed by atoms with Gasteiger partial charge >= 0.3 is 0 Å². The van der Waals surface area contributed by atoms with E-state index in [2.05, 4.69) is 16.9 Å². The molecule has 1 spiro atoms. The predicted octanol–water partition coefficient (Wildman–Crippen LogP) is 2.89. The molecule has 1 aliphatic heterocycles. The minimum atomic E-state index is -1.22. The number of benzene rings is 1. The zero-order valence-corrected chi connectivity index (χ0v) is 17.3. The van der Waals surface area contributed by atoms with Crippen LogP contribution in [0.4, 0.5) is 14.5 Å². The molecule has 1 saturated carbocycles. The maximum Gasteiger partial charge on any atom is 0.250 e. The molecule has 3 aliphatic rings. The van der Waals surface area contributed by atoms with E-state index in [0.29, 0.717) is 10.9 Å². The summed E-state index contributed by atoms with van der Waals surface area (Å²) in [7, 11) is 0. The topological polar surface area (TPSA) is 91.2 Å². The van der Waals surface area contributed by atoms with E-state index in [-0.39, 0.29) is 42.1 Å². The summed E-state index contributed by atoms with van der Waals surface area (Å²) in [5, 5.41) is 3.37. The van der Waals surface area contributed by atoms with Gasteiger partial charge in [-0.25, -0.2) is 8.78 Å². The van der Waals surface area contributed by atoms with Crippen LogP contribution in [0.1, 0.15) is 47.3 Å². The molecular weight excluding hydrogens is 402 g/mol. The van der Waals surface area contributed by atoms with E-state index in [1.54, 1.807) is 4.90 Å². The maximum atomic E-state index is 15.5. The number of piperidine rings is 1. The fourth-order valence-electron chi connectivity index (χ4n) is 5.39. The Morgan fingerprint density at radius 2 is 2.10 bits per heavy atom. The van der Waals surface area contributed by atoms with Crippen LogP contribution in [0.3, 0.4) is 0 Å². The van der Waals surface area contributed by atoms with Crippen molar-refractivity contribution in [2.75, 3.05) is 18.0 Å². The van der Waals surface area contributed by atoms with Crippen molar-refractivity contribution in [3.05, 3.63) is 41.4 Å². The van der Waals surface area contributed by atoms with Crippen LogP contribution in [-0.2, 0) is 17.6 Å². The summed E-state index contributed by atoms with van der Waals surface area (Å²) >= 11 is 0. The number of alkyl halides is 1. The number of aromatic amines is 1. The molecule has 4 N–H and O–H groups in total. The van der Waals surface area contributed by atoms with E-state index in [9.17, 15) is 14.0 Å². The summed E-state index contributed by atoms with van der Waals surface area (Å²) in [6.45, 7) is 3.73. The van der Waals surface area contributed by atoms with Crippen molar-refractivity contribution in [2.45, 2.75) is 50.7 Å². The summed E-state index contributed by atoms with van der Waals surface area (Å²) < 4.78 is 30.1. The van der Waals surface area contributed by atoms with Crippen LogP contribution in [0, 0.1) is 11.2 Å². The smallest absolute Gasteiger partial charge is 0.250 e. The third-order valence-corrected chi connectivity index (χ3v) is 7.12. The Balaban J connectivity index is 1.64. The third-order valence-electron chi connectivity index (χ3n) is 7.12. The average molecular weight is 428 g/mol. The second-order valence-electron chi connectivity index (χ2n) is 9.28. The second-order valence-corrected chi connectivity index (χ2v) is 9.28. The molecule has 2 fully saturated rings. The number of nitrogens with one attached hydrogen (secondary N) is 2. The zero-order valence-electron chi connectivity index (χ0n) is 17.3. The van der Waals surface area contributed by atoms with Crippen LogP contribution >= 0.6 is 0 Å². The monoisotopic (exact) mass is 428 g/mol. The first kappa shape index (κ1) is 20.0. The summed E-state index contributed by atoms with van der Waals surface area (Å²) in [5.74, 6) is -1.68. The molecule has 1 saturated heterocycles. The Kier molecular flexibility index (Phi) is 4.57. The Labute approximate surface area is 178 Å². The number of nitrogens with zero attached hydrogens (tertiary/aromatic N) is 1. The highest BCUT2D eigenvalue weighted by Gasteiger charge is 2.46. The molecular formula is C23H26F2N4O2. The Hall–Kier alpha value is -2.90. The quantitative estimate of drug-likeness (QED) is 0.654. The van der Waals surface area contributed by atoms with Gasteiger partial charge in [-0.05, 0) is 55.2 Å². The SMILES string of the molecule is C=CC(=O)N[C@H]1C[C@H](F)CN(c2c(F)cc(C(N)=O)c3[nH]c4c(c23)CC2(CC4)CC2)C1. The maximum absolute atomic E-state index is 15.5. The number of hydrogen-bond acceptors (Lipinski definition) is 3. The normalized spacial score (nSPS) is 24.1. The lowest BCUT2D eigenvalue weighted by Crippen LogP contribution is -2.51. The van der Waals surface area contributed by atoms with E-state index in [0.717, 1.165) is 55.5 Å². The van der Waals surface area contributed by atoms with Crippen molar-refractivity contribution in [1.29, 1.82) is 0 Å². The van der Waals surface area contributed by atoms with Gasteiger partial charge in [-0.3, -0.25) is 9.59 Å². The van der Waals surface area contributed by atoms with Gasteiger partial charge in [-0.1, -0.05) is 6.58 Å². The van der Waals surface area contributed by atoms with E-state index in [4.69, 9.17) is 5.73 Å². The lowest BCUT2D eigenvalue weighted by Gasteiger charge is -2.37. The number of carbonyl (C=O) groups excluding carboxylic acids is 2. The first-order valence-electron chi connectivity index (χ1n) is 10.8. The molecule has 2 amide bonds. The molecule has 164 valence electrons. The molecule has 0 radical (unpaired) electrons. The van der Waals surface area contributed by atoms with Crippen LogP contribution in [0.25, 0.3) is 10.9 Å². The molecule has 0 bridgehead atoms. The minimum Gasteiger partial charge on any atom is -0.366 e. The molecule has 1 aromatic heterocycles. The van der Waals surface area contributed by atoms with Crippen molar-refractivity contribution >= 4 is 28.4 Å². The van der Waals surface area contributed by atoms with Crippen LogP contribution < -0.4 is 16.0 Å². The van der Waals surface area contributed by atoms with Crippen LogP contribution in [-0.4, -0.2) is 42.1 Å². The first-order valence-corrected chi connectivity index (χ1v) is 10.8. The highest BCUT2D eigenvalue weighted by Crippen LogP contribution is 2.56. The predicted molar refractivity (Wildman–Crippen MR) is 114 cm³/mol. The van der Waals surface area contributed by atoms with Crippen molar-refractivity contribution in [1.82, 2.24) is 10.3 Å². The van der Waals surface area contributed by atoms with Gasteiger partial charge in [0, 0.05) is 36.6 Å². The van der Waals surface area contributed by atoms with Gasteiger partial charge in [-0.15, -0.1) is 0 Å². The van der Waals surface area contributed by atoms with Crippen LogP contribution in [0.5, 0.6) is 0 Å². The molecule has 0 unspecified atom stereocenters. The van der Waals surface area contributed by atoms with Crippen molar-refractivity contribution in [2.24, 2.45) is 11.1 Å². The minimum absolute atomic E-state index is 0.0213. The van der Waals surface area contributed by atoms with Crippen molar-refractivity contribution in [3.8, 4) is 0 Å². The van der Waals surface area contributed by atoms with E-state index < -0.39 is 23.9 Å². The van der Waals surface area contributed by atoms with Gasteiger partial charge in [0.1, 0.15) is 12.0 Å². The highest BCUT2D eigenvalue weighted by molar-refractivity contribution is 6.10. The Bertz CT molecular complexity index is 1100. The number of rotatable bonds is 4. The number of hydrogen-bond donors (Lipinski definition) is 3. The fourth-order valence-corrected chi connectivity index (χ4v) is 5.39. The van der Waals surface area contributed by atoms with Gasteiger partial charge in [0.2, 0.25) is 5.91 Å². The molecule has 2 aromatic rings. The van der Waals surface area contributed by atoms with E-state index in [1.165, 1.54) is 0 Å². The average Bonchev–Trinajstić information content (AvgIpc) is 3.37. The number of carbonyl (C=O) groups is 2. The number of aryl methyl sites for hydroxylation is 1. The van der Waals surface area contributed by atoms with Crippen molar-refractivity contribution in [3.63, 3.8) is 0 Å². The fraction of sp³-hybridized carbons (Fsp3) is 0.478. The molecule has 2 atom stereocenters. The molecule has 6 nitrogen and oxygen atoms in total. The van der Waals surface area contributed by atoms with Gasteiger partial charge in [0.25, 0.3) is 5.91 Å². The Morgan fingerprint density at radius 3 is 2.77 bits per heavy atom. The summed E-state index contributed by atoms with van der Waals surface area (Å²) in [5.41, 5.74) is 8.78. The number of fused-ring (bicyclic) bond motifs is 3. The number of nitrogens with two attached hydrogens (primary N) is 1. The number of anilines is 1. The zero-order chi connectivity index (χ0) is 21.9. The van der Waals surface area contributed by atoms with Crippen LogP contribution in [0.15, 0.2) is 18.7 Å². The van der Waals surface area contributed by atoms with Gasteiger partial charge in [-0.2, -0.15) is 0 Å². The molecule has 8 heteroatoms. The number of primary amides is 1. The standard InChI is InChI=1S/C23H26F2N4O2/c1-2-18(30)27-13-7-12(24)10-29(11-13)21-16(25)8-14(22(26)31)20-19(21)15-9-23(5-6-23)4-3-17(15)28-20/h2,8,12-13,28H,1,3-7,9-11H2,(H2,26,31)(H,27,30)/t12-,13-/m0/s1. The number of aromatic nitrogens is 1. The number of H-pyrrole nitrogens is 1. The van der Waals surface area contributed by atoms with Crippen LogP contribution in [0.2, 0.25) is 0 Å². The lowest BCUT2D eigenvalue weighted by atomic mass is 9.83. The van der Waals surface area contributed by atoms with Gasteiger partial charge in [0.05, 0.1) is 16.8 Å². The van der Waals surface area contributed by atoms with Gasteiger partial charge < -0.3 is 20.9 Å². The van der Waals surface area contributed by atoms with Crippen molar-refractivity contribution < 1.29 is 18.4 Å². The van der Waals surface area contributed by atoms with E-state index in [1.807, 2.05) is 0 Å².